The van der Waals surface area contributed by atoms with Gasteiger partial charge in [-0.3, -0.25) is 19.8 Å². The summed E-state index contributed by atoms with van der Waals surface area (Å²) in [6.45, 7) is 2.26. The lowest BCUT2D eigenvalue weighted by atomic mass is 10.2. The summed E-state index contributed by atoms with van der Waals surface area (Å²) in [5, 5.41) is 19.3. The van der Waals surface area contributed by atoms with Crippen molar-refractivity contribution >= 4 is 34.7 Å². The van der Waals surface area contributed by atoms with Crippen molar-refractivity contribution in [3.8, 4) is 0 Å². The molecule has 2 aromatic carbocycles. The molecule has 0 aliphatic carbocycles. The Morgan fingerprint density at radius 2 is 2.00 bits per heavy atom. The summed E-state index contributed by atoms with van der Waals surface area (Å²) in [4.78, 5) is 24.3. The maximum atomic E-state index is 12.4. The van der Waals surface area contributed by atoms with Crippen LogP contribution in [0.3, 0.4) is 0 Å². The van der Waals surface area contributed by atoms with Crippen LogP contribution in [0.1, 0.15) is 18.1 Å². The maximum Gasteiger partial charge on any atom is 0.270 e. The largest absolute Gasteiger partial charge is 0.284 e. The second kappa shape index (κ2) is 7.92. The Labute approximate surface area is 154 Å². The van der Waals surface area contributed by atoms with E-state index in [0.717, 1.165) is 5.56 Å². The number of carbonyl (C=O) groups is 1. The number of hydrogen-bond donors (Lipinski definition) is 0. The van der Waals surface area contributed by atoms with Crippen molar-refractivity contribution in [1.82, 2.24) is 4.90 Å². The molecule has 1 atom stereocenters. The first-order valence-electron chi connectivity index (χ1n) is 7.92. The quantitative estimate of drug-likeness (QED) is 0.459. The van der Waals surface area contributed by atoms with E-state index in [9.17, 15) is 14.9 Å². The van der Waals surface area contributed by atoms with Gasteiger partial charge in [-0.15, -0.1) is 5.10 Å². The van der Waals surface area contributed by atoms with Gasteiger partial charge < -0.3 is 0 Å². The van der Waals surface area contributed by atoms with E-state index < -0.39 is 4.92 Å². The van der Waals surface area contributed by atoms with Gasteiger partial charge in [-0.25, -0.2) is 0 Å². The van der Waals surface area contributed by atoms with Gasteiger partial charge >= 0.3 is 0 Å². The van der Waals surface area contributed by atoms with Crippen molar-refractivity contribution in [2.75, 3.05) is 0 Å². The Balaban J connectivity index is 1.78. The zero-order chi connectivity index (χ0) is 18.5. The predicted molar refractivity (Wildman–Crippen MR) is 102 cm³/mol. The van der Waals surface area contributed by atoms with Gasteiger partial charge in [-0.05, 0) is 12.5 Å². The van der Waals surface area contributed by atoms with Crippen molar-refractivity contribution in [1.29, 1.82) is 0 Å². The number of nitrogens with zero attached hydrogens (tertiary/aromatic N) is 4. The molecule has 1 saturated heterocycles. The molecule has 0 bridgehead atoms. The van der Waals surface area contributed by atoms with E-state index in [1.807, 2.05) is 37.3 Å². The highest BCUT2D eigenvalue weighted by atomic mass is 32.2. The monoisotopic (exact) mass is 368 g/mol. The lowest BCUT2D eigenvalue weighted by Crippen LogP contribution is -2.30. The summed E-state index contributed by atoms with van der Waals surface area (Å²) >= 11 is 1.35. The van der Waals surface area contributed by atoms with Crippen molar-refractivity contribution in [2.24, 2.45) is 10.2 Å². The zero-order valence-corrected chi connectivity index (χ0v) is 14.8. The average Bonchev–Trinajstić information content (AvgIpc) is 2.90. The molecule has 26 heavy (non-hydrogen) atoms. The highest BCUT2D eigenvalue weighted by molar-refractivity contribution is 8.15. The molecular formula is C18H16N4O3S. The van der Waals surface area contributed by atoms with E-state index in [0.29, 0.717) is 17.3 Å². The summed E-state index contributed by atoms with van der Waals surface area (Å²) in [5.74, 6) is -0.0110. The Kier molecular flexibility index (Phi) is 5.43. The molecule has 132 valence electrons. The number of non-ortho nitro benzene ring substituents is 1. The van der Waals surface area contributed by atoms with E-state index >= 15 is 0 Å². The molecule has 1 amide bonds. The highest BCUT2D eigenvalue weighted by Gasteiger charge is 2.35. The van der Waals surface area contributed by atoms with Crippen LogP contribution in [0.4, 0.5) is 5.69 Å². The first-order valence-corrected chi connectivity index (χ1v) is 8.80. The Morgan fingerprint density at radius 1 is 1.23 bits per heavy atom. The van der Waals surface area contributed by atoms with Crippen LogP contribution in [0.2, 0.25) is 0 Å². The molecule has 7 nitrogen and oxygen atoms in total. The number of rotatable bonds is 5. The highest BCUT2D eigenvalue weighted by Crippen LogP contribution is 2.28. The minimum absolute atomic E-state index is 0.00801. The van der Waals surface area contributed by atoms with Gasteiger partial charge in [0.05, 0.1) is 22.9 Å². The minimum atomic E-state index is -0.460. The normalized spacial score (nSPS) is 18.8. The van der Waals surface area contributed by atoms with E-state index in [2.05, 4.69) is 10.2 Å². The van der Waals surface area contributed by atoms with E-state index in [4.69, 9.17) is 0 Å². The number of nitro benzene ring substituents is 1. The van der Waals surface area contributed by atoms with Gasteiger partial charge in [0, 0.05) is 17.7 Å². The number of nitro groups is 1. The van der Waals surface area contributed by atoms with Gasteiger partial charge in [0.1, 0.15) is 0 Å². The number of thioether (sulfide) groups is 1. The first-order chi connectivity index (χ1) is 12.5. The third-order valence-electron chi connectivity index (χ3n) is 3.74. The molecule has 8 heteroatoms. The molecule has 0 radical (unpaired) electrons. The average molecular weight is 368 g/mol. The summed E-state index contributed by atoms with van der Waals surface area (Å²) in [6, 6.07) is 15.8. The first kappa shape index (κ1) is 17.8. The summed E-state index contributed by atoms with van der Waals surface area (Å²) in [6.07, 6.45) is 1.44. The van der Waals surface area contributed by atoms with Gasteiger partial charge in [0.25, 0.3) is 5.69 Å². The molecule has 1 aliphatic heterocycles. The molecule has 1 heterocycles. The smallest absolute Gasteiger partial charge is 0.270 e. The van der Waals surface area contributed by atoms with Crippen LogP contribution in [0, 0.1) is 10.1 Å². The number of amides is 1. The maximum absolute atomic E-state index is 12.4. The molecule has 3 rings (SSSR count). The molecule has 0 spiro atoms. The topological polar surface area (TPSA) is 88.2 Å². The van der Waals surface area contributed by atoms with Gasteiger partial charge in [-0.1, -0.05) is 54.2 Å². The fourth-order valence-corrected chi connectivity index (χ4v) is 3.36. The Hall–Kier alpha value is -3.00. The van der Waals surface area contributed by atoms with Crippen molar-refractivity contribution in [3.05, 3.63) is 75.8 Å². The van der Waals surface area contributed by atoms with E-state index in [1.165, 1.54) is 30.1 Å². The third-order valence-corrected chi connectivity index (χ3v) is 4.81. The van der Waals surface area contributed by atoms with Crippen LogP contribution in [-0.4, -0.2) is 32.4 Å². The molecule has 0 unspecified atom stereocenters. The third kappa shape index (κ3) is 4.15. The van der Waals surface area contributed by atoms with Crippen LogP contribution >= 0.6 is 11.8 Å². The Bertz CT molecular complexity index is 883. The predicted octanol–water partition coefficient (Wildman–Crippen LogP) is 3.45. The van der Waals surface area contributed by atoms with E-state index in [-0.39, 0.29) is 16.8 Å². The standard InChI is InChI=1S/C18H16N4O3S/c1-13-17(23)21(12-14-6-3-2-4-7-14)18(26-13)20-19-11-15-8-5-9-16(10-15)22(24)25/h2-11,13H,12H2,1H3/b19-11-,20-18+/t13-/m1/s1. The van der Waals surface area contributed by atoms with Crippen molar-refractivity contribution in [2.45, 2.75) is 18.7 Å². The van der Waals surface area contributed by atoms with E-state index in [1.54, 1.807) is 17.0 Å². The number of hydrogen-bond acceptors (Lipinski definition) is 6. The molecule has 1 aliphatic rings. The molecule has 0 N–H and O–H groups in total. The van der Waals surface area contributed by atoms with Crippen molar-refractivity contribution < 1.29 is 9.72 Å². The SMILES string of the molecule is C[C@H]1S/C(=N/N=C\c2cccc([N+](=O)[O-])c2)N(Cc2ccccc2)C1=O. The molecule has 1 fully saturated rings. The fourth-order valence-electron chi connectivity index (χ4n) is 2.44. The fraction of sp³-hybridized carbons (Fsp3) is 0.167. The van der Waals surface area contributed by atoms with Gasteiger partial charge in [0.15, 0.2) is 5.17 Å². The number of benzene rings is 2. The van der Waals surface area contributed by atoms with Crippen LogP contribution in [-0.2, 0) is 11.3 Å². The minimum Gasteiger partial charge on any atom is -0.284 e. The van der Waals surface area contributed by atoms with Crippen LogP contribution in [0.5, 0.6) is 0 Å². The van der Waals surface area contributed by atoms with Crippen LogP contribution in [0.15, 0.2) is 64.8 Å². The number of carbonyl (C=O) groups excluding carboxylic acids is 1. The lowest BCUT2D eigenvalue weighted by Gasteiger charge is -2.15. The second-order valence-electron chi connectivity index (χ2n) is 5.65. The zero-order valence-electron chi connectivity index (χ0n) is 14.0. The Morgan fingerprint density at radius 3 is 2.73 bits per heavy atom. The van der Waals surface area contributed by atoms with Crippen LogP contribution in [0.25, 0.3) is 0 Å². The molecular weight excluding hydrogens is 352 g/mol. The van der Waals surface area contributed by atoms with Crippen molar-refractivity contribution in [3.63, 3.8) is 0 Å². The molecule has 2 aromatic rings. The second-order valence-corrected chi connectivity index (χ2v) is 6.96. The molecule has 0 aromatic heterocycles. The summed E-state index contributed by atoms with van der Waals surface area (Å²) < 4.78 is 0. The molecule has 0 saturated carbocycles. The summed E-state index contributed by atoms with van der Waals surface area (Å²) in [7, 11) is 0. The van der Waals surface area contributed by atoms with Crippen LogP contribution < -0.4 is 0 Å². The van der Waals surface area contributed by atoms with Gasteiger partial charge in [-0.2, -0.15) is 5.10 Å². The van der Waals surface area contributed by atoms with Gasteiger partial charge in [0.2, 0.25) is 5.91 Å². The lowest BCUT2D eigenvalue weighted by molar-refractivity contribution is -0.384. The summed E-state index contributed by atoms with van der Waals surface area (Å²) in [5.41, 5.74) is 1.57. The number of amidine groups is 1.